The third kappa shape index (κ3) is 4.36. The van der Waals surface area contributed by atoms with E-state index < -0.39 is 33.9 Å². The number of esters is 1. The molecule has 0 spiro atoms. The molecular formula is C21H17N5O6S. The summed E-state index contributed by atoms with van der Waals surface area (Å²) in [5.74, 6) is -1.06. The van der Waals surface area contributed by atoms with Gasteiger partial charge in [-0.05, 0) is 48.5 Å². The average molecular weight is 467 g/mol. The molecule has 0 fully saturated rings. The van der Waals surface area contributed by atoms with E-state index in [9.17, 15) is 22.8 Å². The van der Waals surface area contributed by atoms with Crippen molar-refractivity contribution in [3.8, 4) is 0 Å². The largest absolute Gasteiger partial charge is 0.465 e. The number of rotatable bonds is 6. The predicted molar refractivity (Wildman–Crippen MR) is 116 cm³/mol. The SMILES string of the molecule is COC(=O)c1ccc(NC(=O)Cn2nc3ccc(S(=O)(=O)c4ccccc4)nn3c2=O)cc1. The average Bonchev–Trinajstić information content (AvgIpc) is 3.14. The van der Waals surface area contributed by atoms with E-state index in [1.807, 2.05) is 0 Å². The van der Waals surface area contributed by atoms with Crippen molar-refractivity contribution in [3.05, 3.63) is 82.8 Å². The van der Waals surface area contributed by atoms with Crippen LogP contribution in [0.3, 0.4) is 0 Å². The number of carbonyl (C=O) groups is 2. The van der Waals surface area contributed by atoms with Crippen LogP contribution < -0.4 is 11.0 Å². The number of sulfone groups is 1. The molecule has 1 amide bonds. The summed E-state index contributed by atoms with van der Waals surface area (Å²) in [7, 11) is -2.67. The lowest BCUT2D eigenvalue weighted by atomic mass is 10.2. The van der Waals surface area contributed by atoms with E-state index in [2.05, 4.69) is 20.3 Å². The minimum Gasteiger partial charge on any atom is -0.465 e. The maximum absolute atomic E-state index is 12.8. The zero-order valence-electron chi connectivity index (χ0n) is 17.2. The Labute approximate surface area is 187 Å². The summed E-state index contributed by atoms with van der Waals surface area (Å²) in [5.41, 5.74) is 0.0341. The van der Waals surface area contributed by atoms with E-state index in [0.717, 1.165) is 9.20 Å². The lowest BCUT2D eigenvalue weighted by Crippen LogP contribution is -2.29. The summed E-state index contributed by atoms with van der Waals surface area (Å²) < 4.78 is 31.8. The number of nitrogens with one attached hydrogen (secondary N) is 1. The van der Waals surface area contributed by atoms with Crippen LogP contribution in [0.5, 0.6) is 0 Å². The molecule has 0 radical (unpaired) electrons. The van der Waals surface area contributed by atoms with Gasteiger partial charge in [-0.2, -0.15) is 4.52 Å². The minimum atomic E-state index is -3.93. The van der Waals surface area contributed by atoms with Gasteiger partial charge in [-0.25, -0.2) is 22.7 Å². The molecule has 12 heteroatoms. The smallest absolute Gasteiger partial charge is 0.367 e. The zero-order chi connectivity index (χ0) is 23.6. The number of anilines is 1. The number of methoxy groups -OCH3 is 1. The van der Waals surface area contributed by atoms with Gasteiger partial charge in [-0.15, -0.1) is 10.2 Å². The third-order valence-electron chi connectivity index (χ3n) is 4.63. The highest BCUT2D eigenvalue weighted by molar-refractivity contribution is 7.91. The van der Waals surface area contributed by atoms with E-state index in [-0.39, 0.29) is 15.6 Å². The molecule has 0 unspecified atom stereocenters. The number of carbonyl (C=O) groups excluding carboxylic acids is 2. The van der Waals surface area contributed by atoms with Crippen LogP contribution in [0.4, 0.5) is 5.69 Å². The highest BCUT2D eigenvalue weighted by Crippen LogP contribution is 2.18. The van der Waals surface area contributed by atoms with E-state index in [0.29, 0.717) is 11.3 Å². The Bertz CT molecular complexity index is 1510. The third-order valence-corrected chi connectivity index (χ3v) is 6.29. The Hall–Kier alpha value is -4.32. The molecule has 0 atom stereocenters. The molecule has 2 aromatic carbocycles. The first-order chi connectivity index (χ1) is 15.8. The van der Waals surface area contributed by atoms with Crippen LogP contribution in [0.25, 0.3) is 5.65 Å². The second-order valence-corrected chi connectivity index (χ2v) is 8.71. The molecule has 11 nitrogen and oxygen atoms in total. The van der Waals surface area contributed by atoms with Crippen LogP contribution in [0.2, 0.25) is 0 Å². The van der Waals surface area contributed by atoms with Crippen molar-refractivity contribution in [2.24, 2.45) is 0 Å². The normalized spacial score (nSPS) is 11.3. The second-order valence-electron chi connectivity index (χ2n) is 6.82. The van der Waals surface area contributed by atoms with Crippen molar-refractivity contribution in [2.45, 2.75) is 16.5 Å². The second kappa shape index (κ2) is 8.67. The Morgan fingerprint density at radius 2 is 1.67 bits per heavy atom. The van der Waals surface area contributed by atoms with Crippen molar-refractivity contribution in [2.75, 3.05) is 12.4 Å². The number of hydrogen-bond acceptors (Lipinski definition) is 8. The molecule has 2 heterocycles. The molecule has 2 aromatic heterocycles. The summed E-state index contributed by atoms with van der Waals surface area (Å²) in [6.45, 7) is -0.429. The van der Waals surface area contributed by atoms with Crippen molar-refractivity contribution < 1.29 is 22.7 Å². The number of aromatic nitrogens is 4. The number of ether oxygens (including phenoxy) is 1. The first-order valence-electron chi connectivity index (χ1n) is 9.55. The van der Waals surface area contributed by atoms with E-state index in [1.165, 1.54) is 55.6 Å². The topological polar surface area (TPSA) is 142 Å². The molecule has 0 saturated carbocycles. The summed E-state index contributed by atoms with van der Waals surface area (Å²) in [6, 6.07) is 16.3. The maximum Gasteiger partial charge on any atom is 0.367 e. The molecule has 0 aliphatic rings. The van der Waals surface area contributed by atoms with E-state index in [4.69, 9.17) is 0 Å². The van der Waals surface area contributed by atoms with E-state index in [1.54, 1.807) is 18.2 Å². The molecule has 1 N–H and O–H groups in total. The van der Waals surface area contributed by atoms with Gasteiger partial charge in [0.05, 0.1) is 17.6 Å². The molecule has 168 valence electrons. The van der Waals surface area contributed by atoms with Gasteiger partial charge in [-0.3, -0.25) is 4.79 Å². The summed E-state index contributed by atoms with van der Waals surface area (Å²) in [5, 5.41) is 10.2. The lowest BCUT2D eigenvalue weighted by molar-refractivity contribution is -0.117. The first kappa shape index (κ1) is 21.9. The number of benzene rings is 2. The van der Waals surface area contributed by atoms with Crippen LogP contribution in [-0.4, -0.2) is 46.8 Å². The van der Waals surface area contributed by atoms with Crippen LogP contribution >= 0.6 is 0 Å². The van der Waals surface area contributed by atoms with Crippen LogP contribution in [0.1, 0.15) is 10.4 Å². The highest BCUT2D eigenvalue weighted by atomic mass is 32.2. The Morgan fingerprint density at radius 3 is 2.33 bits per heavy atom. The first-order valence-corrected chi connectivity index (χ1v) is 11.0. The number of amides is 1. The minimum absolute atomic E-state index is 0.0369. The molecule has 0 bridgehead atoms. The van der Waals surface area contributed by atoms with Crippen LogP contribution in [0.15, 0.2) is 81.4 Å². The van der Waals surface area contributed by atoms with Gasteiger partial charge >= 0.3 is 11.7 Å². The fraction of sp³-hybridized carbons (Fsp3) is 0.0952. The van der Waals surface area contributed by atoms with Gasteiger partial charge in [-0.1, -0.05) is 18.2 Å². The van der Waals surface area contributed by atoms with E-state index >= 15 is 0 Å². The van der Waals surface area contributed by atoms with Gasteiger partial charge < -0.3 is 10.1 Å². The molecule has 0 aliphatic carbocycles. The number of nitrogens with zero attached hydrogens (tertiary/aromatic N) is 4. The molecular weight excluding hydrogens is 450 g/mol. The van der Waals surface area contributed by atoms with Crippen molar-refractivity contribution in [3.63, 3.8) is 0 Å². The lowest BCUT2D eigenvalue weighted by Gasteiger charge is -2.05. The monoisotopic (exact) mass is 467 g/mol. The summed E-state index contributed by atoms with van der Waals surface area (Å²) >= 11 is 0. The van der Waals surface area contributed by atoms with Crippen molar-refractivity contribution in [1.29, 1.82) is 0 Å². The fourth-order valence-corrected chi connectivity index (χ4v) is 4.20. The molecule has 0 aliphatic heterocycles. The van der Waals surface area contributed by atoms with Crippen molar-refractivity contribution in [1.82, 2.24) is 19.4 Å². The van der Waals surface area contributed by atoms with Crippen molar-refractivity contribution >= 4 is 33.0 Å². The summed E-state index contributed by atoms with van der Waals surface area (Å²) in [6.07, 6.45) is 0. The maximum atomic E-state index is 12.8. The predicted octanol–water partition coefficient (Wildman–Crippen LogP) is 1.15. The van der Waals surface area contributed by atoms with Gasteiger partial charge in [0.2, 0.25) is 15.7 Å². The number of hydrogen-bond donors (Lipinski definition) is 1. The number of fused-ring (bicyclic) bond motifs is 1. The zero-order valence-corrected chi connectivity index (χ0v) is 18.0. The van der Waals surface area contributed by atoms with Gasteiger partial charge in [0, 0.05) is 5.69 Å². The van der Waals surface area contributed by atoms with Crippen LogP contribution in [0, 0.1) is 0 Å². The standard InChI is InChI=1S/C21H17N5O6S/c1-32-20(28)14-7-9-15(10-8-14)22-18(27)13-25-21(29)26-17(23-25)11-12-19(24-26)33(30,31)16-5-3-2-4-6-16/h2-12H,13H2,1H3,(H,22,27). The molecule has 33 heavy (non-hydrogen) atoms. The molecule has 4 rings (SSSR count). The quantitative estimate of drug-likeness (QED) is 0.416. The van der Waals surface area contributed by atoms with Gasteiger partial charge in [0.25, 0.3) is 0 Å². The Morgan fingerprint density at radius 1 is 0.970 bits per heavy atom. The van der Waals surface area contributed by atoms with Gasteiger partial charge in [0.15, 0.2) is 10.7 Å². The molecule has 4 aromatic rings. The van der Waals surface area contributed by atoms with Gasteiger partial charge in [0.1, 0.15) is 6.54 Å². The fourth-order valence-electron chi connectivity index (χ4n) is 3.00. The summed E-state index contributed by atoms with van der Waals surface area (Å²) in [4.78, 5) is 36.5. The Balaban J connectivity index is 1.55. The van der Waals surface area contributed by atoms with Crippen LogP contribution in [-0.2, 0) is 25.9 Å². The highest BCUT2D eigenvalue weighted by Gasteiger charge is 2.21. The molecule has 0 saturated heterocycles. The Kier molecular flexibility index (Phi) is 5.75.